The van der Waals surface area contributed by atoms with E-state index in [4.69, 9.17) is 0 Å². The van der Waals surface area contributed by atoms with Crippen LogP contribution in [-0.4, -0.2) is 25.8 Å². The molecule has 0 aromatic heterocycles. The maximum absolute atomic E-state index is 13.1. The fourth-order valence-electron chi connectivity index (χ4n) is 2.06. The van der Waals surface area contributed by atoms with E-state index in [0.717, 1.165) is 12.8 Å². The molecule has 0 amide bonds. The highest BCUT2D eigenvalue weighted by Gasteiger charge is 2.27. The van der Waals surface area contributed by atoms with E-state index in [1.807, 2.05) is 6.92 Å². The first-order valence-electron chi connectivity index (χ1n) is 6.81. The van der Waals surface area contributed by atoms with E-state index in [0.29, 0.717) is 19.0 Å². The van der Waals surface area contributed by atoms with E-state index in [1.165, 1.54) is 22.5 Å². The lowest BCUT2D eigenvalue weighted by atomic mass is 10.0. The maximum atomic E-state index is 13.1. The van der Waals surface area contributed by atoms with Crippen molar-refractivity contribution in [3.63, 3.8) is 0 Å². The van der Waals surface area contributed by atoms with E-state index in [1.54, 1.807) is 0 Å². The van der Waals surface area contributed by atoms with Crippen LogP contribution in [0.3, 0.4) is 0 Å². The molecule has 0 saturated carbocycles. The summed E-state index contributed by atoms with van der Waals surface area (Å²) in [6.07, 6.45) is 1.88. The molecule has 20 heavy (non-hydrogen) atoms. The lowest BCUT2D eigenvalue weighted by Gasteiger charge is -2.25. The molecule has 0 fully saturated rings. The number of nitrogens with zero attached hydrogens (tertiary/aromatic N) is 1. The van der Waals surface area contributed by atoms with Crippen molar-refractivity contribution >= 4 is 26.0 Å². The normalized spacial score (nSPS) is 12.3. The Balaban J connectivity index is 3.11. The van der Waals surface area contributed by atoms with Gasteiger partial charge in [0.05, 0.1) is 4.90 Å². The minimum absolute atomic E-state index is 0.117. The Morgan fingerprint density at radius 1 is 1.25 bits per heavy atom. The molecule has 0 atom stereocenters. The largest absolute Gasteiger partial charge is 0.244 e. The topological polar surface area (TPSA) is 37.4 Å². The van der Waals surface area contributed by atoms with E-state index in [2.05, 4.69) is 29.8 Å². The van der Waals surface area contributed by atoms with Crippen LogP contribution < -0.4 is 0 Å². The minimum Gasteiger partial charge on any atom is -0.207 e. The zero-order chi connectivity index (χ0) is 15.3. The molecule has 1 aromatic rings. The van der Waals surface area contributed by atoms with Gasteiger partial charge in [-0.2, -0.15) is 4.31 Å². The van der Waals surface area contributed by atoms with Gasteiger partial charge in [0.25, 0.3) is 0 Å². The molecular weight excluding hydrogens is 345 g/mol. The number of sulfonamides is 1. The standard InChI is InChI=1S/C14H21BrFNO2S/c1-4-11(5-2)10-17(6-3)20(18,19)14-8-7-12(16)9-13(14)15/h7-9,11H,4-6,10H2,1-3H3. The lowest BCUT2D eigenvalue weighted by Crippen LogP contribution is -2.35. The fraction of sp³-hybridized carbons (Fsp3) is 0.571. The first-order valence-corrected chi connectivity index (χ1v) is 9.05. The SMILES string of the molecule is CCC(CC)CN(CC)S(=O)(=O)c1ccc(F)cc1Br. The van der Waals surface area contributed by atoms with Gasteiger partial charge in [0, 0.05) is 17.6 Å². The summed E-state index contributed by atoms with van der Waals surface area (Å²) in [7, 11) is -3.59. The van der Waals surface area contributed by atoms with Gasteiger partial charge in [-0.1, -0.05) is 33.6 Å². The molecule has 1 rings (SSSR count). The summed E-state index contributed by atoms with van der Waals surface area (Å²) in [5.41, 5.74) is 0. The van der Waals surface area contributed by atoms with Gasteiger partial charge >= 0.3 is 0 Å². The third-order valence-electron chi connectivity index (χ3n) is 3.48. The molecule has 0 saturated heterocycles. The average molecular weight is 366 g/mol. The molecule has 3 nitrogen and oxygen atoms in total. The average Bonchev–Trinajstić information content (AvgIpc) is 2.39. The first kappa shape index (κ1) is 17.6. The highest BCUT2D eigenvalue weighted by molar-refractivity contribution is 9.10. The van der Waals surface area contributed by atoms with Crippen LogP contribution >= 0.6 is 15.9 Å². The number of hydrogen-bond acceptors (Lipinski definition) is 2. The van der Waals surface area contributed by atoms with E-state index in [9.17, 15) is 12.8 Å². The smallest absolute Gasteiger partial charge is 0.207 e. The predicted octanol–water partition coefficient (Wildman–Crippen LogP) is 4.04. The molecule has 6 heteroatoms. The number of hydrogen-bond donors (Lipinski definition) is 0. The van der Waals surface area contributed by atoms with E-state index >= 15 is 0 Å². The van der Waals surface area contributed by atoms with Gasteiger partial charge in [0.1, 0.15) is 5.82 Å². The number of halogens is 2. The van der Waals surface area contributed by atoms with Gasteiger partial charge in [-0.3, -0.25) is 0 Å². The van der Waals surface area contributed by atoms with Crippen molar-refractivity contribution in [2.24, 2.45) is 5.92 Å². The van der Waals surface area contributed by atoms with Gasteiger partial charge in [-0.05, 0) is 40.0 Å². The molecule has 0 spiro atoms. The van der Waals surface area contributed by atoms with Gasteiger partial charge in [-0.15, -0.1) is 0 Å². The molecule has 0 aliphatic rings. The highest BCUT2D eigenvalue weighted by atomic mass is 79.9. The van der Waals surface area contributed by atoms with Gasteiger partial charge in [-0.25, -0.2) is 12.8 Å². The summed E-state index contributed by atoms with van der Waals surface area (Å²) < 4.78 is 40.1. The van der Waals surface area contributed by atoms with Crippen LogP contribution in [0.1, 0.15) is 33.6 Å². The second-order valence-electron chi connectivity index (χ2n) is 4.71. The summed E-state index contributed by atoms with van der Waals surface area (Å²) in [5, 5.41) is 0. The van der Waals surface area contributed by atoms with Crippen molar-refractivity contribution in [2.75, 3.05) is 13.1 Å². The predicted molar refractivity (Wildman–Crippen MR) is 82.6 cm³/mol. The lowest BCUT2D eigenvalue weighted by molar-refractivity contribution is 0.339. The molecule has 0 aliphatic carbocycles. The van der Waals surface area contributed by atoms with Crippen molar-refractivity contribution in [1.82, 2.24) is 4.31 Å². The molecule has 114 valence electrons. The third-order valence-corrected chi connectivity index (χ3v) is 6.40. The summed E-state index contributed by atoms with van der Waals surface area (Å²) in [6.45, 7) is 6.83. The van der Waals surface area contributed by atoms with Crippen LogP contribution in [0.2, 0.25) is 0 Å². The Morgan fingerprint density at radius 3 is 2.30 bits per heavy atom. The molecule has 0 aliphatic heterocycles. The third kappa shape index (κ3) is 4.02. The number of rotatable bonds is 7. The van der Waals surface area contributed by atoms with E-state index in [-0.39, 0.29) is 9.37 Å². The van der Waals surface area contributed by atoms with Crippen LogP contribution in [-0.2, 0) is 10.0 Å². The van der Waals surface area contributed by atoms with Crippen LogP contribution in [0.5, 0.6) is 0 Å². The minimum atomic E-state index is -3.59. The molecule has 0 heterocycles. The first-order chi connectivity index (χ1) is 9.36. The van der Waals surface area contributed by atoms with Crippen LogP contribution in [0.25, 0.3) is 0 Å². The van der Waals surface area contributed by atoms with Gasteiger partial charge in [0.15, 0.2) is 0 Å². The monoisotopic (exact) mass is 365 g/mol. The summed E-state index contributed by atoms with van der Waals surface area (Å²) in [4.78, 5) is 0.117. The van der Waals surface area contributed by atoms with Crippen LogP contribution in [0.4, 0.5) is 4.39 Å². The quantitative estimate of drug-likeness (QED) is 0.731. The number of benzene rings is 1. The zero-order valence-corrected chi connectivity index (χ0v) is 14.5. The van der Waals surface area contributed by atoms with Crippen LogP contribution in [0, 0.1) is 11.7 Å². The van der Waals surface area contributed by atoms with Crippen molar-refractivity contribution in [1.29, 1.82) is 0 Å². The summed E-state index contributed by atoms with van der Waals surface area (Å²) in [5.74, 6) is -0.122. The Hall–Kier alpha value is -0.460. The summed E-state index contributed by atoms with van der Waals surface area (Å²) in [6, 6.07) is 3.66. The Bertz CT molecular complexity index is 544. The summed E-state index contributed by atoms with van der Waals surface area (Å²) >= 11 is 3.13. The molecule has 0 bridgehead atoms. The Morgan fingerprint density at radius 2 is 1.85 bits per heavy atom. The van der Waals surface area contributed by atoms with Crippen LogP contribution in [0.15, 0.2) is 27.6 Å². The molecule has 0 unspecified atom stereocenters. The Kier molecular flexibility index (Phi) is 6.61. The second-order valence-corrected chi connectivity index (χ2v) is 7.47. The highest BCUT2D eigenvalue weighted by Crippen LogP contribution is 2.27. The molecule has 0 radical (unpaired) electrons. The van der Waals surface area contributed by atoms with Crippen molar-refractivity contribution < 1.29 is 12.8 Å². The van der Waals surface area contributed by atoms with Gasteiger partial charge < -0.3 is 0 Å². The molecular formula is C14H21BrFNO2S. The Labute approximate surface area is 129 Å². The van der Waals surface area contributed by atoms with Crippen molar-refractivity contribution in [3.05, 3.63) is 28.5 Å². The maximum Gasteiger partial charge on any atom is 0.244 e. The second kappa shape index (κ2) is 7.52. The van der Waals surface area contributed by atoms with Crippen molar-refractivity contribution in [2.45, 2.75) is 38.5 Å². The molecule has 0 N–H and O–H groups in total. The van der Waals surface area contributed by atoms with E-state index < -0.39 is 15.8 Å². The fourth-order valence-corrected chi connectivity index (χ4v) is 4.59. The van der Waals surface area contributed by atoms with Crippen molar-refractivity contribution in [3.8, 4) is 0 Å². The zero-order valence-electron chi connectivity index (χ0n) is 12.1. The molecule has 1 aromatic carbocycles. The van der Waals surface area contributed by atoms with Gasteiger partial charge in [0.2, 0.25) is 10.0 Å².